The molecule has 2 aromatic heterocycles. The second kappa shape index (κ2) is 11.0. The first-order valence-electron chi connectivity index (χ1n) is 12.4. The molecule has 0 aliphatic rings. The summed E-state index contributed by atoms with van der Waals surface area (Å²) in [4.78, 5) is 29.5. The standard InChI is InChI=1S/C29H31N3O6S/c1-18(2)26(28(34)38-29(3,4)5)32-39(35,36)22-13-10-19(11-14-22)23-15-12-21(17-30-23)31-27(33)25-16-20-8-6-7-9-24(20)37-25/h6-18,26,32H,1-5H3,(H,31,33)/t26-/m0/s1. The van der Waals surface area contributed by atoms with Gasteiger partial charge < -0.3 is 14.5 Å². The van der Waals surface area contributed by atoms with Crippen molar-refractivity contribution in [1.29, 1.82) is 0 Å². The van der Waals surface area contributed by atoms with E-state index in [9.17, 15) is 18.0 Å². The van der Waals surface area contributed by atoms with Crippen LogP contribution in [0.25, 0.3) is 22.2 Å². The van der Waals surface area contributed by atoms with Crippen LogP contribution >= 0.6 is 0 Å². The zero-order valence-corrected chi connectivity index (χ0v) is 23.2. The van der Waals surface area contributed by atoms with Gasteiger partial charge in [0.1, 0.15) is 17.2 Å². The third-order valence-electron chi connectivity index (χ3n) is 5.74. The number of para-hydroxylation sites is 1. The maximum absolute atomic E-state index is 13.0. The number of nitrogens with one attached hydrogen (secondary N) is 2. The molecule has 9 nitrogen and oxygen atoms in total. The number of furan rings is 1. The van der Waals surface area contributed by atoms with E-state index in [2.05, 4.69) is 15.0 Å². The lowest BCUT2D eigenvalue weighted by molar-refractivity contribution is -0.158. The molecular weight excluding hydrogens is 518 g/mol. The van der Waals surface area contributed by atoms with Crippen LogP contribution < -0.4 is 10.0 Å². The first-order valence-corrected chi connectivity index (χ1v) is 13.9. The van der Waals surface area contributed by atoms with Gasteiger partial charge in [-0.25, -0.2) is 8.42 Å². The zero-order valence-electron chi connectivity index (χ0n) is 22.4. The van der Waals surface area contributed by atoms with Crippen LogP contribution in [-0.2, 0) is 19.6 Å². The summed E-state index contributed by atoms with van der Waals surface area (Å²) in [7, 11) is -3.99. The van der Waals surface area contributed by atoms with Crippen molar-refractivity contribution < 1.29 is 27.2 Å². The van der Waals surface area contributed by atoms with Crippen molar-refractivity contribution in [3.05, 3.63) is 78.7 Å². The SMILES string of the molecule is CC(C)[C@H](NS(=O)(=O)c1ccc(-c2ccc(NC(=O)c3cc4ccccc4o3)cn2)cc1)C(=O)OC(C)(C)C. The van der Waals surface area contributed by atoms with Crippen molar-refractivity contribution in [1.82, 2.24) is 9.71 Å². The Kier molecular flexibility index (Phi) is 7.89. The van der Waals surface area contributed by atoms with Gasteiger partial charge in [-0.2, -0.15) is 4.72 Å². The Morgan fingerprint density at radius 3 is 2.26 bits per heavy atom. The molecule has 0 radical (unpaired) electrons. The molecule has 4 aromatic rings. The predicted octanol–water partition coefficient (Wildman–Crippen LogP) is 5.39. The van der Waals surface area contributed by atoms with Crippen LogP contribution in [0.15, 0.2) is 82.2 Å². The number of benzene rings is 2. The molecule has 0 spiro atoms. The lowest BCUT2D eigenvalue weighted by Gasteiger charge is -2.26. The number of hydrogen-bond donors (Lipinski definition) is 2. The van der Waals surface area contributed by atoms with Crippen molar-refractivity contribution in [2.45, 2.75) is 51.2 Å². The van der Waals surface area contributed by atoms with Gasteiger partial charge in [-0.1, -0.05) is 44.2 Å². The fraction of sp³-hybridized carbons (Fsp3) is 0.276. The van der Waals surface area contributed by atoms with E-state index in [1.54, 1.807) is 71.0 Å². The van der Waals surface area contributed by atoms with Crippen LogP contribution in [0.4, 0.5) is 5.69 Å². The van der Waals surface area contributed by atoms with E-state index in [4.69, 9.17) is 9.15 Å². The summed E-state index contributed by atoms with van der Waals surface area (Å²) in [6.45, 7) is 8.67. The summed E-state index contributed by atoms with van der Waals surface area (Å²) in [6.07, 6.45) is 1.51. The second-order valence-corrected chi connectivity index (χ2v) is 12.1. The van der Waals surface area contributed by atoms with Crippen LogP contribution in [0, 0.1) is 5.92 Å². The largest absolute Gasteiger partial charge is 0.459 e. The highest BCUT2D eigenvalue weighted by molar-refractivity contribution is 7.89. The van der Waals surface area contributed by atoms with Gasteiger partial charge in [0.2, 0.25) is 10.0 Å². The van der Waals surface area contributed by atoms with Gasteiger partial charge in [0.05, 0.1) is 22.5 Å². The van der Waals surface area contributed by atoms with E-state index in [0.29, 0.717) is 22.5 Å². The number of carbonyl (C=O) groups is 2. The smallest absolute Gasteiger partial charge is 0.324 e. The molecule has 204 valence electrons. The van der Waals surface area contributed by atoms with Gasteiger partial charge >= 0.3 is 5.97 Å². The molecule has 2 heterocycles. The first-order chi connectivity index (χ1) is 18.3. The number of esters is 1. The van der Waals surface area contributed by atoms with Crippen LogP contribution in [0.2, 0.25) is 0 Å². The van der Waals surface area contributed by atoms with Gasteiger partial charge in [-0.3, -0.25) is 14.6 Å². The lowest BCUT2D eigenvalue weighted by Crippen LogP contribution is -2.47. The van der Waals surface area contributed by atoms with Crippen molar-refractivity contribution in [3.8, 4) is 11.3 Å². The third kappa shape index (κ3) is 6.90. The number of anilines is 1. The van der Waals surface area contributed by atoms with Gasteiger partial charge in [0.15, 0.2) is 5.76 Å². The van der Waals surface area contributed by atoms with E-state index in [1.165, 1.54) is 18.3 Å². The highest BCUT2D eigenvalue weighted by Gasteiger charge is 2.32. The first kappa shape index (κ1) is 28.0. The van der Waals surface area contributed by atoms with Gasteiger partial charge in [0.25, 0.3) is 5.91 Å². The topological polar surface area (TPSA) is 128 Å². The Labute approximate surface area is 227 Å². The molecule has 0 unspecified atom stereocenters. The average Bonchev–Trinajstić information content (AvgIpc) is 3.31. The van der Waals surface area contributed by atoms with Crippen molar-refractivity contribution in [2.75, 3.05) is 5.32 Å². The Bertz CT molecular complexity index is 1550. The summed E-state index contributed by atoms with van der Waals surface area (Å²) in [5.74, 6) is -1.15. The number of sulfonamides is 1. The Morgan fingerprint density at radius 2 is 1.67 bits per heavy atom. The molecule has 2 N–H and O–H groups in total. The minimum Gasteiger partial charge on any atom is -0.459 e. The lowest BCUT2D eigenvalue weighted by atomic mass is 10.1. The Morgan fingerprint density at radius 1 is 0.974 bits per heavy atom. The van der Waals surface area contributed by atoms with E-state index in [1.807, 2.05) is 18.2 Å². The van der Waals surface area contributed by atoms with Crippen LogP contribution in [0.1, 0.15) is 45.2 Å². The summed E-state index contributed by atoms with van der Waals surface area (Å²) >= 11 is 0. The maximum atomic E-state index is 13.0. The zero-order chi connectivity index (χ0) is 28.4. The maximum Gasteiger partial charge on any atom is 0.324 e. The quantitative estimate of drug-likeness (QED) is 0.282. The molecule has 0 aliphatic carbocycles. The molecular formula is C29H31N3O6S. The fourth-order valence-electron chi connectivity index (χ4n) is 3.79. The number of carbonyl (C=O) groups excluding carboxylic acids is 2. The summed E-state index contributed by atoms with van der Waals surface area (Å²) in [5, 5.41) is 3.59. The third-order valence-corrected chi connectivity index (χ3v) is 7.20. The minimum absolute atomic E-state index is 0.00942. The van der Waals surface area contributed by atoms with Crippen LogP contribution in [-0.4, -0.2) is 36.9 Å². The van der Waals surface area contributed by atoms with Gasteiger partial charge in [-0.15, -0.1) is 0 Å². The number of amides is 1. The number of fused-ring (bicyclic) bond motifs is 1. The van der Waals surface area contributed by atoms with E-state index in [0.717, 1.165) is 5.39 Å². The Hall–Kier alpha value is -4.02. The molecule has 4 rings (SSSR count). The highest BCUT2D eigenvalue weighted by atomic mass is 32.2. The molecule has 0 bridgehead atoms. The molecule has 0 aliphatic heterocycles. The molecule has 1 atom stereocenters. The molecule has 0 fully saturated rings. The minimum atomic E-state index is -3.99. The predicted molar refractivity (Wildman–Crippen MR) is 149 cm³/mol. The second-order valence-electron chi connectivity index (χ2n) is 10.4. The molecule has 1 amide bonds. The molecule has 39 heavy (non-hydrogen) atoms. The number of ether oxygens (including phenoxy) is 1. The summed E-state index contributed by atoms with van der Waals surface area (Å²) in [5.41, 5.74) is 1.63. The van der Waals surface area contributed by atoms with Gasteiger partial charge in [-0.05, 0) is 63.1 Å². The average molecular weight is 550 g/mol. The van der Waals surface area contributed by atoms with Gasteiger partial charge in [0, 0.05) is 10.9 Å². The van der Waals surface area contributed by atoms with Crippen LogP contribution in [0.5, 0.6) is 0 Å². The monoisotopic (exact) mass is 549 g/mol. The molecule has 0 saturated carbocycles. The van der Waals surface area contributed by atoms with Crippen molar-refractivity contribution in [2.24, 2.45) is 5.92 Å². The van der Waals surface area contributed by atoms with Crippen LogP contribution in [0.3, 0.4) is 0 Å². The van der Waals surface area contributed by atoms with E-state index >= 15 is 0 Å². The number of rotatable bonds is 8. The van der Waals surface area contributed by atoms with Crippen molar-refractivity contribution in [3.63, 3.8) is 0 Å². The molecule has 2 aromatic carbocycles. The number of nitrogens with zero attached hydrogens (tertiary/aromatic N) is 1. The fourth-order valence-corrected chi connectivity index (χ4v) is 5.12. The summed E-state index contributed by atoms with van der Waals surface area (Å²) in [6, 6.07) is 17.6. The molecule has 0 saturated heterocycles. The Balaban J connectivity index is 1.44. The van der Waals surface area contributed by atoms with Crippen molar-refractivity contribution >= 4 is 38.6 Å². The van der Waals surface area contributed by atoms with E-state index < -0.39 is 33.5 Å². The highest BCUT2D eigenvalue weighted by Crippen LogP contribution is 2.23. The number of hydrogen-bond acceptors (Lipinski definition) is 7. The molecule has 10 heteroatoms. The normalized spacial score (nSPS) is 12.9. The number of pyridine rings is 1. The number of aromatic nitrogens is 1. The van der Waals surface area contributed by atoms with E-state index in [-0.39, 0.29) is 16.6 Å². The summed E-state index contributed by atoms with van der Waals surface area (Å²) < 4.78 is 39.5.